The number of carboxylic acid groups (broad SMARTS) is 1. The molecule has 0 unspecified atom stereocenters. The molecule has 1 aromatic heterocycles. The van der Waals surface area contributed by atoms with Crippen LogP contribution in [-0.4, -0.2) is 16.1 Å². The first-order chi connectivity index (χ1) is 5.70. The van der Waals surface area contributed by atoms with Crippen LogP contribution in [0.3, 0.4) is 0 Å². The summed E-state index contributed by atoms with van der Waals surface area (Å²) in [7, 11) is 0. The van der Waals surface area contributed by atoms with E-state index in [1.54, 1.807) is 18.5 Å². The summed E-state index contributed by atoms with van der Waals surface area (Å²) < 4.78 is 0. The first kappa shape index (κ1) is 8.28. The van der Waals surface area contributed by atoms with Crippen LogP contribution in [0.15, 0.2) is 18.5 Å². The molecule has 1 N–H and O–H groups in total. The summed E-state index contributed by atoms with van der Waals surface area (Å²) in [6.45, 7) is 1.85. The van der Waals surface area contributed by atoms with Crippen molar-refractivity contribution in [1.29, 1.82) is 0 Å². The van der Waals surface area contributed by atoms with Crippen molar-refractivity contribution in [2.45, 2.75) is 6.92 Å². The number of carbonyl (C=O) groups is 1. The molecule has 0 amide bonds. The Morgan fingerprint density at radius 1 is 1.67 bits per heavy atom. The van der Waals surface area contributed by atoms with Crippen LogP contribution in [0.2, 0.25) is 0 Å². The second kappa shape index (κ2) is 3.54. The highest BCUT2D eigenvalue weighted by Crippen LogP contribution is 2.01. The van der Waals surface area contributed by atoms with Gasteiger partial charge in [-0.2, -0.15) is 0 Å². The lowest BCUT2D eigenvalue weighted by Gasteiger charge is -1.92. The molecule has 0 aliphatic heterocycles. The predicted molar refractivity (Wildman–Crippen MR) is 43.5 cm³/mol. The molecular weight excluding hydrogens is 154 g/mol. The molecule has 0 aromatic carbocycles. The summed E-state index contributed by atoms with van der Waals surface area (Å²) in [5.74, 6) is 3.40. The second-order valence-electron chi connectivity index (χ2n) is 2.25. The average Bonchev–Trinajstić information content (AvgIpc) is 2.03. The van der Waals surface area contributed by atoms with Crippen LogP contribution >= 0.6 is 0 Å². The molecule has 1 heterocycles. The normalized spacial score (nSPS) is 8.42. The van der Waals surface area contributed by atoms with Gasteiger partial charge in [0.2, 0.25) is 0 Å². The minimum atomic E-state index is -1.13. The summed E-state index contributed by atoms with van der Waals surface area (Å²) in [5.41, 5.74) is 1.58. The zero-order valence-electron chi connectivity index (χ0n) is 6.53. The average molecular weight is 161 g/mol. The number of pyridine rings is 1. The number of carboxylic acids is 1. The van der Waals surface area contributed by atoms with Gasteiger partial charge in [0.15, 0.2) is 0 Å². The van der Waals surface area contributed by atoms with Crippen molar-refractivity contribution in [3.05, 3.63) is 29.6 Å². The number of hydrogen-bond acceptors (Lipinski definition) is 2. The van der Waals surface area contributed by atoms with E-state index in [0.717, 1.165) is 5.56 Å². The van der Waals surface area contributed by atoms with E-state index in [4.69, 9.17) is 5.11 Å². The third-order valence-electron chi connectivity index (χ3n) is 1.34. The van der Waals surface area contributed by atoms with Gasteiger partial charge < -0.3 is 5.11 Å². The molecule has 0 aliphatic carbocycles. The number of aryl methyl sites for hydroxylation is 1. The summed E-state index contributed by atoms with van der Waals surface area (Å²) in [4.78, 5) is 13.9. The van der Waals surface area contributed by atoms with Gasteiger partial charge in [-0.1, -0.05) is 5.92 Å². The molecule has 0 fully saturated rings. The molecule has 3 nitrogen and oxygen atoms in total. The highest BCUT2D eigenvalue weighted by molar-refractivity contribution is 5.87. The van der Waals surface area contributed by atoms with E-state index in [1.807, 2.05) is 12.8 Å². The lowest BCUT2D eigenvalue weighted by Crippen LogP contribution is -1.89. The molecule has 0 spiro atoms. The van der Waals surface area contributed by atoms with Gasteiger partial charge in [0.25, 0.3) is 0 Å². The molecule has 1 aromatic rings. The van der Waals surface area contributed by atoms with Crippen molar-refractivity contribution in [3.63, 3.8) is 0 Å². The third kappa shape index (κ3) is 2.10. The molecule has 3 heteroatoms. The van der Waals surface area contributed by atoms with Gasteiger partial charge in [0, 0.05) is 23.9 Å². The van der Waals surface area contributed by atoms with E-state index in [1.165, 1.54) is 0 Å². The quantitative estimate of drug-likeness (QED) is 0.573. The Bertz CT molecular complexity index is 360. The maximum atomic E-state index is 10.1. The second-order valence-corrected chi connectivity index (χ2v) is 2.25. The molecule has 12 heavy (non-hydrogen) atoms. The zero-order chi connectivity index (χ0) is 8.97. The first-order valence-corrected chi connectivity index (χ1v) is 3.35. The highest BCUT2D eigenvalue weighted by atomic mass is 16.4. The molecule has 0 saturated carbocycles. The Morgan fingerprint density at radius 2 is 2.42 bits per heavy atom. The first-order valence-electron chi connectivity index (χ1n) is 3.35. The van der Waals surface area contributed by atoms with Gasteiger partial charge in [-0.05, 0) is 18.6 Å². The van der Waals surface area contributed by atoms with Crippen LogP contribution in [0, 0.1) is 18.8 Å². The smallest absolute Gasteiger partial charge is 0.382 e. The number of rotatable bonds is 0. The van der Waals surface area contributed by atoms with Gasteiger partial charge in [-0.25, -0.2) is 4.79 Å². The van der Waals surface area contributed by atoms with E-state index in [9.17, 15) is 4.79 Å². The van der Waals surface area contributed by atoms with Gasteiger partial charge in [0.1, 0.15) is 0 Å². The fraction of sp³-hybridized carbons (Fsp3) is 0.111. The molecular formula is C9H7NO2. The predicted octanol–water partition coefficient (Wildman–Crippen LogP) is 0.826. The maximum absolute atomic E-state index is 10.1. The number of nitrogens with zero attached hydrogens (tertiary/aromatic N) is 1. The molecule has 0 saturated heterocycles. The molecule has 0 atom stereocenters. The van der Waals surface area contributed by atoms with Crippen molar-refractivity contribution in [1.82, 2.24) is 4.98 Å². The third-order valence-corrected chi connectivity index (χ3v) is 1.34. The highest BCUT2D eigenvalue weighted by Gasteiger charge is 1.92. The van der Waals surface area contributed by atoms with Crippen molar-refractivity contribution >= 4 is 5.97 Å². The minimum Gasteiger partial charge on any atom is -0.472 e. The largest absolute Gasteiger partial charge is 0.472 e. The Balaban J connectivity index is 2.99. The zero-order valence-corrected chi connectivity index (χ0v) is 6.53. The topological polar surface area (TPSA) is 50.2 Å². The molecule has 0 aliphatic rings. The van der Waals surface area contributed by atoms with Crippen LogP contribution in [0.25, 0.3) is 0 Å². The van der Waals surface area contributed by atoms with Crippen LogP contribution in [0.4, 0.5) is 0 Å². The van der Waals surface area contributed by atoms with Crippen molar-refractivity contribution in [2.24, 2.45) is 0 Å². The summed E-state index contributed by atoms with van der Waals surface area (Å²) in [5, 5.41) is 8.27. The lowest BCUT2D eigenvalue weighted by atomic mass is 10.2. The van der Waals surface area contributed by atoms with E-state index in [2.05, 4.69) is 10.9 Å². The van der Waals surface area contributed by atoms with Crippen LogP contribution in [0.5, 0.6) is 0 Å². The number of aliphatic carboxylic acids is 1. The fourth-order valence-electron chi connectivity index (χ4n) is 0.716. The summed E-state index contributed by atoms with van der Waals surface area (Å²) >= 11 is 0. The Kier molecular flexibility index (Phi) is 2.44. The van der Waals surface area contributed by atoms with Gasteiger partial charge in [-0.15, -0.1) is 0 Å². The molecule has 60 valence electrons. The molecule has 0 radical (unpaired) electrons. The number of aromatic nitrogens is 1. The van der Waals surface area contributed by atoms with Crippen LogP contribution < -0.4 is 0 Å². The monoisotopic (exact) mass is 161 g/mol. The van der Waals surface area contributed by atoms with E-state index < -0.39 is 5.97 Å². The number of hydrogen-bond donors (Lipinski definition) is 1. The van der Waals surface area contributed by atoms with E-state index in [-0.39, 0.29) is 0 Å². The Morgan fingerprint density at radius 3 is 3.00 bits per heavy atom. The van der Waals surface area contributed by atoms with Gasteiger partial charge in [0.05, 0.1) is 0 Å². The molecule has 1 rings (SSSR count). The standard InChI is InChI=1S/C9H7NO2/c1-7-4-5-10-6-8(7)2-3-9(11)12/h4-6H,1H3,(H,11,12). The summed E-state index contributed by atoms with van der Waals surface area (Å²) in [6, 6.07) is 1.78. The van der Waals surface area contributed by atoms with Crippen LogP contribution in [-0.2, 0) is 4.79 Å². The Labute approximate surface area is 70.1 Å². The van der Waals surface area contributed by atoms with Crippen molar-refractivity contribution in [2.75, 3.05) is 0 Å². The van der Waals surface area contributed by atoms with Crippen LogP contribution in [0.1, 0.15) is 11.1 Å². The van der Waals surface area contributed by atoms with E-state index >= 15 is 0 Å². The Hall–Kier alpha value is -1.82. The molecule has 0 bridgehead atoms. The fourth-order valence-corrected chi connectivity index (χ4v) is 0.716. The lowest BCUT2D eigenvalue weighted by molar-refractivity contribution is -0.130. The van der Waals surface area contributed by atoms with Gasteiger partial charge in [-0.3, -0.25) is 4.98 Å². The van der Waals surface area contributed by atoms with Crippen molar-refractivity contribution in [3.8, 4) is 11.8 Å². The van der Waals surface area contributed by atoms with Gasteiger partial charge >= 0.3 is 5.97 Å². The minimum absolute atomic E-state index is 0.653. The van der Waals surface area contributed by atoms with Crippen molar-refractivity contribution < 1.29 is 9.90 Å². The SMILES string of the molecule is Cc1ccncc1C#CC(=O)O. The van der Waals surface area contributed by atoms with E-state index in [0.29, 0.717) is 5.56 Å². The summed E-state index contributed by atoms with van der Waals surface area (Å²) in [6.07, 6.45) is 3.19. The maximum Gasteiger partial charge on any atom is 0.382 e.